The Morgan fingerprint density at radius 1 is 1.25 bits per heavy atom. The number of hydrogen-bond acceptors (Lipinski definition) is 5. The van der Waals surface area contributed by atoms with E-state index in [0.717, 1.165) is 12.8 Å². The molecule has 0 spiro atoms. The van der Waals surface area contributed by atoms with Crippen LogP contribution in [0.15, 0.2) is 45.4 Å². The molecule has 0 fully saturated rings. The largest absolute Gasteiger partial charge is 0.382 e. The summed E-state index contributed by atoms with van der Waals surface area (Å²) in [5, 5.41) is 7.87. The quantitative estimate of drug-likeness (QED) is 0.817. The zero-order valence-electron chi connectivity index (χ0n) is 11.3. The summed E-state index contributed by atoms with van der Waals surface area (Å²) in [6.07, 6.45) is 2.68. The minimum atomic E-state index is -0.358. The average molecular weight is 271 g/mol. The third kappa shape index (κ3) is 3.50. The molecule has 6 nitrogen and oxygen atoms in total. The third-order valence-corrected chi connectivity index (χ3v) is 2.76. The van der Waals surface area contributed by atoms with E-state index in [1.807, 2.05) is 18.2 Å². The Morgan fingerprint density at radius 3 is 2.65 bits per heavy atom. The number of H-pyrrole nitrogens is 1. The highest BCUT2D eigenvalue weighted by Crippen LogP contribution is 2.18. The van der Waals surface area contributed by atoms with Crippen molar-refractivity contribution in [1.29, 1.82) is 0 Å². The number of azo groups is 1. The van der Waals surface area contributed by atoms with Crippen LogP contribution in [-0.2, 0) is 6.42 Å². The van der Waals surface area contributed by atoms with Gasteiger partial charge in [0.1, 0.15) is 5.82 Å². The highest BCUT2D eigenvalue weighted by molar-refractivity contribution is 5.55. The second-order valence-electron chi connectivity index (χ2n) is 4.39. The van der Waals surface area contributed by atoms with Crippen molar-refractivity contribution in [3.05, 3.63) is 46.5 Å². The second-order valence-corrected chi connectivity index (χ2v) is 4.39. The van der Waals surface area contributed by atoms with E-state index in [9.17, 15) is 4.79 Å². The van der Waals surface area contributed by atoms with Gasteiger partial charge in [-0.3, -0.25) is 4.79 Å². The van der Waals surface area contributed by atoms with E-state index >= 15 is 0 Å². The van der Waals surface area contributed by atoms with Crippen LogP contribution in [-0.4, -0.2) is 9.97 Å². The third-order valence-electron chi connectivity index (χ3n) is 2.76. The number of hydrogen-bond donors (Lipinski definition) is 2. The Hall–Kier alpha value is -2.50. The van der Waals surface area contributed by atoms with Crippen molar-refractivity contribution in [2.24, 2.45) is 10.2 Å². The molecule has 0 unspecified atom stereocenters. The molecular weight excluding hydrogens is 254 g/mol. The molecule has 1 heterocycles. The fourth-order valence-corrected chi connectivity index (χ4v) is 1.69. The van der Waals surface area contributed by atoms with Crippen LogP contribution >= 0.6 is 0 Å². The van der Waals surface area contributed by atoms with Gasteiger partial charge in [-0.1, -0.05) is 31.5 Å². The molecule has 6 heteroatoms. The predicted octanol–water partition coefficient (Wildman–Crippen LogP) is 3.11. The van der Waals surface area contributed by atoms with Gasteiger partial charge in [0.2, 0.25) is 0 Å². The summed E-state index contributed by atoms with van der Waals surface area (Å²) < 4.78 is 0. The molecule has 0 radical (unpaired) electrons. The van der Waals surface area contributed by atoms with E-state index in [4.69, 9.17) is 5.73 Å². The van der Waals surface area contributed by atoms with Gasteiger partial charge < -0.3 is 10.7 Å². The lowest BCUT2D eigenvalue weighted by Crippen LogP contribution is -2.13. The van der Waals surface area contributed by atoms with E-state index in [1.54, 1.807) is 12.1 Å². The SMILES string of the molecule is CCCCc1nc(N)c(N=Nc2ccccc2)c(=O)[nH]1. The lowest BCUT2D eigenvalue weighted by Gasteiger charge is -2.02. The van der Waals surface area contributed by atoms with Gasteiger partial charge >= 0.3 is 0 Å². The number of aromatic nitrogens is 2. The van der Waals surface area contributed by atoms with Crippen LogP contribution in [0.1, 0.15) is 25.6 Å². The van der Waals surface area contributed by atoms with Crippen LogP contribution in [0.2, 0.25) is 0 Å². The molecule has 0 atom stereocenters. The number of benzene rings is 1. The predicted molar refractivity (Wildman–Crippen MR) is 78.5 cm³/mol. The first-order chi connectivity index (χ1) is 9.70. The average Bonchev–Trinajstić information content (AvgIpc) is 2.45. The van der Waals surface area contributed by atoms with Gasteiger partial charge in [0, 0.05) is 6.42 Å². The normalized spacial score (nSPS) is 11.1. The summed E-state index contributed by atoms with van der Waals surface area (Å²) in [7, 11) is 0. The Balaban J connectivity index is 2.25. The van der Waals surface area contributed by atoms with Crippen LogP contribution in [0.5, 0.6) is 0 Å². The molecule has 1 aromatic carbocycles. The number of nitrogen functional groups attached to an aromatic ring is 1. The fraction of sp³-hybridized carbons (Fsp3) is 0.286. The van der Waals surface area contributed by atoms with Gasteiger partial charge in [0.25, 0.3) is 5.56 Å². The number of nitrogens with two attached hydrogens (primary N) is 1. The zero-order valence-corrected chi connectivity index (χ0v) is 11.3. The van der Waals surface area contributed by atoms with Crippen molar-refractivity contribution in [3.8, 4) is 0 Å². The second kappa shape index (κ2) is 6.60. The van der Waals surface area contributed by atoms with Crippen LogP contribution in [0.3, 0.4) is 0 Å². The summed E-state index contributed by atoms with van der Waals surface area (Å²) in [6, 6.07) is 9.14. The zero-order chi connectivity index (χ0) is 14.4. The minimum Gasteiger partial charge on any atom is -0.382 e. The van der Waals surface area contributed by atoms with Crippen molar-refractivity contribution < 1.29 is 0 Å². The molecular formula is C14H17N5O. The summed E-state index contributed by atoms with van der Waals surface area (Å²) in [5.74, 6) is 0.701. The van der Waals surface area contributed by atoms with Gasteiger partial charge in [-0.05, 0) is 18.6 Å². The van der Waals surface area contributed by atoms with Crippen LogP contribution in [0.25, 0.3) is 0 Å². The number of aryl methyl sites for hydroxylation is 1. The van der Waals surface area contributed by atoms with Crippen LogP contribution < -0.4 is 11.3 Å². The molecule has 2 rings (SSSR count). The van der Waals surface area contributed by atoms with E-state index in [0.29, 0.717) is 17.9 Å². The maximum atomic E-state index is 11.9. The first-order valence-electron chi connectivity index (χ1n) is 6.56. The fourth-order valence-electron chi connectivity index (χ4n) is 1.69. The molecule has 20 heavy (non-hydrogen) atoms. The number of rotatable bonds is 5. The first-order valence-corrected chi connectivity index (χ1v) is 6.56. The summed E-state index contributed by atoms with van der Waals surface area (Å²) in [6.45, 7) is 2.07. The van der Waals surface area contributed by atoms with Crippen molar-refractivity contribution in [2.45, 2.75) is 26.2 Å². The first kappa shape index (κ1) is 13.9. The van der Waals surface area contributed by atoms with Crippen molar-refractivity contribution >= 4 is 17.2 Å². The Labute approximate surface area is 116 Å². The molecule has 0 saturated carbocycles. The minimum absolute atomic E-state index is 0.0501. The molecule has 3 N–H and O–H groups in total. The maximum absolute atomic E-state index is 11.9. The topological polar surface area (TPSA) is 96.5 Å². The van der Waals surface area contributed by atoms with Crippen molar-refractivity contribution in [1.82, 2.24) is 9.97 Å². The number of unbranched alkanes of at least 4 members (excludes halogenated alkanes) is 1. The van der Waals surface area contributed by atoms with Gasteiger partial charge in [0.05, 0.1) is 5.69 Å². The lowest BCUT2D eigenvalue weighted by atomic mass is 10.2. The Morgan fingerprint density at radius 2 is 2.00 bits per heavy atom. The molecule has 104 valence electrons. The lowest BCUT2D eigenvalue weighted by molar-refractivity contribution is 0.749. The van der Waals surface area contributed by atoms with Gasteiger partial charge in [-0.2, -0.15) is 5.11 Å². The van der Waals surface area contributed by atoms with E-state index in [1.165, 1.54) is 0 Å². The molecule has 0 amide bonds. The van der Waals surface area contributed by atoms with Gasteiger partial charge in [0.15, 0.2) is 11.5 Å². The van der Waals surface area contributed by atoms with E-state index in [-0.39, 0.29) is 17.1 Å². The smallest absolute Gasteiger partial charge is 0.280 e. The maximum Gasteiger partial charge on any atom is 0.280 e. The van der Waals surface area contributed by atoms with E-state index < -0.39 is 0 Å². The Bertz CT molecular complexity index is 648. The highest BCUT2D eigenvalue weighted by Gasteiger charge is 2.08. The van der Waals surface area contributed by atoms with Crippen LogP contribution in [0, 0.1) is 0 Å². The summed E-state index contributed by atoms with van der Waals surface area (Å²) >= 11 is 0. The number of anilines is 1. The van der Waals surface area contributed by atoms with Crippen molar-refractivity contribution in [2.75, 3.05) is 5.73 Å². The number of nitrogens with one attached hydrogen (secondary N) is 1. The number of aromatic amines is 1. The van der Waals surface area contributed by atoms with Crippen LogP contribution in [0.4, 0.5) is 17.2 Å². The summed E-state index contributed by atoms with van der Waals surface area (Å²) in [5.41, 5.74) is 6.12. The molecule has 2 aromatic rings. The summed E-state index contributed by atoms with van der Waals surface area (Å²) in [4.78, 5) is 18.8. The molecule has 0 saturated heterocycles. The monoisotopic (exact) mass is 271 g/mol. The molecule has 0 aliphatic carbocycles. The number of nitrogens with zero attached hydrogens (tertiary/aromatic N) is 3. The molecule has 1 aromatic heterocycles. The molecule has 0 aliphatic rings. The standard InChI is InChI=1S/C14H17N5O/c1-2-3-9-11-16-13(15)12(14(20)17-11)19-18-10-7-5-4-6-8-10/h4-8H,2-3,9H2,1H3,(H3,15,16,17,20). The van der Waals surface area contributed by atoms with Gasteiger partial charge in [-0.15, -0.1) is 5.11 Å². The molecule has 0 bridgehead atoms. The molecule has 0 aliphatic heterocycles. The highest BCUT2D eigenvalue weighted by atomic mass is 16.1. The Kier molecular flexibility index (Phi) is 4.60. The van der Waals surface area contributed by atoms with E-state index in [2.05, 4.69) is 27.1 Å². The van der Waals surface area contributed by atoms with Crippen molar-refractivity contribution in [3.63, 3.8) is 0 Å². The van der Waals surface area contributed by atoms with Gasteiger partial charge in [-0.25, -0.2) is 4.98 Å².